The van der Waals surface area contributed by atoms with Gasteiger partial charge in [0.25, 0.3) is 0 Å². The Bertz CT molecular complexity index is 621. The maximum absolute atomic E-state index is 10.3. The van der Waals surface area contributed by atoms with Crippen LogP contribution in [-0.4, -0.2) is 42.4 Å². The third-order valence-corrected chi connectivity index (χ3v) is 4.75. The van der Waals surface area contributed by atoms with Gasteiger partial charge in [-0.15, -0.1) is 0 Å². The average molecular weight is 325 g/mol. The van der Waals surface area contributed by atoms with Crippen molar-refractivity contribution in [1.82, 2.24) is 4.90 Å². The SMILES string of the molecule is CC1CCN(C[C@@H](O)COc2ccccc2-c2ccccc2)CC1. The third-order valence-electron chi connectivity index (χ3n) is 4.75. The van der Waals surface area contributed by atoms with Crippen molar-refractivity contribution in [3.8, 4) is 16.9 Å². The molecule has 1 atom stereocenters. The molecule has 0 radical (unpaired) electrons. The predicted molar refractivity (Wildman–Crippen MR) is 98.2 cm³/mol. The van der Waals surface area contributed by atoms with Gasteiger partial charge in [-0.1, -0.05) is 55.5 Å². The molecule has 1 heterocycles. The largest absolute Gasteiger partial charge is 0.490 e. The fourth-order valence-corrected chi connectivity index (χ4v) is 3.23. The second-order valence-electron chi connectivity index (χ2n) is 6.81. The second-order valence-corrected chi connectivity index (χ2v) is 6.81. The highest BCUT2D eigenvalue weighted by Crippen LogP contribution is 2.29. The summed E-state index contributed by atoms with van der Waals surface area (Å²) in [7, 11) is 0. The summed E-state index contributed by atoms with van der Waals surface area (Å²) in [4.78, 5) is 2.34. The van der Waals surface area contributed by atoms with E-state index < -0.39 is 6.10 Å². The zero-order chi connectivity index (χ0) is 16.8. The van der Waals surface area contributed by atoms with E-state index in [1.807, 2.05) is 36.4 Å². The van der Waals surface area contributed by atoms with E-state index in [4.69, 9.17) is 4.74 Å². The lowest BCUT2D eigenvalue weighted by molar-refractivity contribution is 0.0565. The normalized spacial score (nSPS) is 17.6. The second kappa shape index (κ2) is 8.32. The van der Waals surface area contributed by atoms with Crippen molar-refractivity contribution in [2.24, 2.45) is 5.92 Å². The van der Waals surface area contributed by atoms with Crippen molar-refractivity contribution >= 4 is 0 Å². The number of benzene rings is 2. The highest BCUT2D eigenvalue weighted by Gasteiger charge is 2.18. The molecule has 1 saturated heterocycles. The van der Waals surface area contributed by atoms with Crippen LogP contribution in [0.2, 0.25) is 0 Å². The van der Waals surface area contributed by atoms with Crippen LogP contribution in [-0.2, 0) is 0 Å². The molecule has 0 saturated carbocycles. The molecular formula is C21H27NO2. The number of aliphatic hydroxyl groups is 1. The molecule has 0 aliphatic carbocycles. The first-order valence-corrected chi connectivity index (χ1v) is 8.90. The Morgan fingerprint density at radius 2 is 1.71 bits per heavy atom. The molecule has 3 heteroatoms. The molecule has 1 aliphatic heterocycles. The summed E-state index contributed by atoms with van der Waals surface area (Å²) in [5.74, 6) is 1.64. The lowest BCUT2D eigenvalue weighted by Gasteiger charge is -2.31. The molecule has 1 aliphatic rings. The van der Waals surface area contributed by atoms with Crippen molar-refractivity contribution in [2.75, 3.05) is 26.2 Å². The van der Waals surface area contributed by atoms with E-state index >= 15 is 0 Å². The lowest BCUT2D eigenvalue weighted by atomic mass is 9.99. The van der Waals surface area contributed by atoms with Gasteiger partial charge in [0.1, 0.15) is 18.5 Å². The minimum Gasteiger partial charge on any atom is -0.490 e. The zero-order valence-electron chi connectivity index (χ0n) is 14.4. The van der Waals surface area contributed by atoms with Crippen LogP contribution >= 0.6 is 0 Å². The van der Waals surface area contributed by atoms with Gasteiger partial charge in [-0.25, -0.2) is 0 Å². The maximum atomic E-state index is 10.3. The monoisotopic (exact) mass is 325 g/mol. The molecule has 0 aromatic heterocycles. The van der Waals surface area contributed by atoms with Gasteiger partial charge in [0, 0.05) is 12.1 Å². The highest BCUT2D eigenvalue weighted by atomic mass is 16.5. The minimum absolute atomic E-state index is 0.329. The Balaban J connectivity index is 1.57. The Labute approximate surface area is 144 Å². The van der Waals surface area contributed by atoms with Crippen molar-refractivity contribution in [1.29, 1.82) is 0 Å². The standard InChI is InChI=1S/C21H27NO2/c1-17-11-13-22(14-12-17)15-19(23)16-24-21-10-6-5-9-20(21)18-7-3-2-4-8-18/h2-10,17,19,23H,11-16H2,1H3/t19-/m1/s1. The van der Waals surface area contributed by atoms with Gasteiger partial charge < -0.3 is 14.7 Å². The van der Waals surface area contributed by atoms with E-state index in [1.54, 1.807) is 0 Å². The van der Waals surface area contributed by atoms with Crippen molar-refractivity contribution in [3.63, 3.8) is 0 Å². The Morgan fingerprint density at radius 3 is 2.46 bits per heavy atom. The third kappa shape index (κ3) is 4.59. The van der Waals surface area contributed by atoms with Crippen molar-refractivity contribution in [3.05, 3.63) is 54.6 Å². The van der Waals surface area contributed by atoms with Crippen LogP contribution in [0.25, 0.3) is 11.1 Å². The molecule has 3 rings (SSSR count). The van der Waals surface area contributed by atoms with E-state index in [2.05, 4.69) is 30.0 Å². The van der Waals surface area contributed by atoms with Crippen LogP contribution in [0.3, 0.4) is 0 Å². The molecule has 0 amide bonds. The predicted octanol–water partition coefficient (Wildman–Crippen LogP) is 3.83. The molecule has 3 nitrogen and oxygen atoms in total. The zero-order valence-corrected chi connectivity index (χ0v) is 14.4. The summed E-state index contributed by atoms with van der Waals surface area (Å²) in [6, 6.07) is 18.2. The number of β-amino-alcohol motifs (C(OH)–C–C–N with tert-alkyl or cyclic N) is 1. The Kier molecular flexibility index (Phi) is 5.89. The van der Waals surface area contributed by atoms with E-state index in [9.17, 15) is 5.11 Å². The fourth-order valence-electron chi connectivity index (χ4n) is 3.23. The van der Waals surface area contributed by atoms with Crippen molar-refractivity contribution < 1.29 is 9.84 Å². The smallest absolute Gasteiger partial charge is 0.127 e. The van der Waals surface area contributed by atoms with Gasteiger partial charge in [-0.3, -0.25) is 0 Å². The first-order valence-electron chi connectivity index (χ1n) is 8.90. The van der Waals surface area contributed by atoms with Gasteiger partial charge in [0.05, 0.1) is 0 Å². The van der Waals surface area contributed by atoms with Gasteiger partial charge in [0.15, 0.2) is 0 Å². The van der Waals surface area contributed by atoms with E-state index in [-0.39, 0.29) is 0 Å². The average Bonchev–Trinajstić information content (AvgIpc) is 2.63. The number of rotatable bonds is 6. The lowest BCUT2D eigenvalue weighted by Crippen LogP contribution is -2.40. The van der Waals surface area contributed by atoms with E-state index in [1.165, 1.54) is 12.8 Å². The number of hydrogen-bond acceptors (Lipinski definition) is 3. The number of para-hydroxylation sites is 1. The molecule has 0 bridgehead atoms. The van der Waals surface area contributed by atoms with Gasteiger partial charge >= 0.3 is 0 Å². The molecule has 0 spiro atoms. The molecular weight excluding hydrogens is 298 g/mol. The summed E-state index contributed by atoms with van der Waals surface area (Å²) in [6.07, 6.45) is 2.00. The quantitative estimate of drug-likeness (QED) is 0.876. The summed E-state index contributed by atoms with van der Waals surface area (Å²) >= 11 is 0. The maximum Gasteiger partial charge on any atom is 0.127 e. The summed E-state index contributed by atoms with van der Waals surface area (Å²) in [6.45, 7) is 5.49. The van der Waals surface area contributed by atoms with Crippen LogP contribution in [0.1, 0.15) is 19.8 Å². The molecule has 24 heavy (non-hydrogen) atoms. The van der Waals surface area contributed by atoms with Gasteiger partial charge in [-0.2, -0.15) is 0 Å². The van der Waals surface area contributed by atoms with Crippen molar-refractivity contribution in [2.45, 2.75) is 25.9 Å². The first kappa shape index (κ1) is 17.0. The number of piperidine rings is 1. The number of aliphatic hydroxyl groups excluding tert-OH is 1. The van der Waals surface area contributed by atoms with E-state index in [0.717, 1.165) is 35.9 Å². The number of likely N-dealkylation sites (tertiary alicyclic amines) is 1. The van der Waals surface area contributed by atoms with Gasteiger partial charge in [0.2, 0.25) is 0 Å². The molecule has 1 N–H and O–H groups in total. The van der Waals surface area contributed by atoms with Crippen LogP contribution in [0.5, 0.6) is 5.75 Å². The van der Waals surface area contributed by atoms with Crippen LogP contribution in [0.4, 0.5) is 0 Å². The molecule has 0 unspecified atom stereocenters. The van der Waals surface area contributed by atoms with E-state index in [0.29, 0.717) is 13.2 Å². The number of nitrogens with zero attached hydrogens (tertiary/aromatic N) is 1. The Hall–Kier alpha value is -1.84. The molecule has 2 aromatic rings. The van der Waals surface area contributed by atoms with Crippen LogP contribution in [0.15, 0.2) is 54.6 Å². The minimum atomic E-state index is -0.456. The number of ether oxygens (including phenoxy) is 1. The fraction of sp³-hybridized carbons (Fsp3) is 0.429. The highest BCUT2D eigenvalue weighted by molar-refractivity contribution is 5.70. The summed E-state index contributed by atoms with van der Waals surface area (Å²) in [5, 5.41) is 10.3. The number of hydrogen-bond donors (Lipinski definition) is 1. The summed E-state index contributed by atoms with van der Waals surface area (Å²) < 4.78 is 5.94. The molecule has 1 fully saturated rings. The first-order chi connectivity index (χ1) is 11.7. The Morgan fingerprint density at radius 1 is 1.04 bits per heavy atom. The van der Waals surface area contributed by atoms with Crippen LogP contribution in [0, 0.1) is 5.92 Å². The van der Waals surface area contributed by atoms with Crippen LogP contribution < -0.4 is 4.74 Å². The summed E-state index contributed by atoms with van der Waals surface area (Å²) in [5.41, 5.74) is 2.20. The van der Waals surface area contributed by atoms with Gasteiger partial charge in [-0.05, 0) is 43.5 Å². The topological polar surface area (TPSA) is 32.7 Å². The molecule has 128 valence electrons. The molecule has 2 aromatic carbocycles.